The summed E-state index contributed by atoms with van der Waals surface area (Å²) in [4.78, 5) is 15.4. The number of carbonyl (C=O) groups is 1. The Morgan fingerprint density at radius 3 is 3.20 bits per heavy atom. The molecular weight excluding hydrogens is 284 g/mol. The number of hydrogen-bond donors (Lipinski definition) is 2. The summed E-state index contributed by atoms with van der Waals surface area (Å²) in [5, 5.41) is 13.6. The van der Waals surface area contributed by atoms with Crippen LogP contribution in [0.1, 0.15) is 10.5 Å². The van der Waals surface area contributed by atoms with E-state index >= 15 is 0 Å². The maximum absolute atomic E-state index is 11.3. The van der Waals surface area contributed by atoms with Crippen LogP contribution in [0.5, 0.6) is 0 Å². The van der Waals surface area contributed by atoms with Crippen molar-refractivity contribution in [2.45, 2.75) is 0 Å². The first-order chi connectivity index (χ1) is 9.67. The van der Waals surface area contributed by atoms with Gasteiger partial charge in [-0.2, -0.15) is 10.1 Å². The summed E-state index contributed by atoms with van der Waals surface area (Å²) in [6.45, 7) is 0. The minimum Gasteiger partial charge on any atom is -0.464 e. The molecule has 0 unspecified atom stereocenters. The Kier molecular flexibility index (Phi) is 2.99. The molecule has 0 atom stereocenters. The number of carbonyl (C=O) groups excluding carboxylic acids is 1. The van der Waals surface area contributed by atoms with Gasteiger partial charge in [0.05, 0.1) is 7.11 Å². The van der Waals surface area contributed by atoms with E-state index in [4.69, 9.17) is 11.6 Å². The maximum Gasteiger partial charge on any atom is 0.356 e. The van der Waals surface area contributed by atoms with E-state index in [1.165, 1.54) is 13.2 Å². The van der Waals surface area contributed by atoms with Crippen LogP contribution in [0.3, 0.4) is 0 Å². The number of nitrogens with zero attached hydrogens (tertiary/aromatic N) is 4. The maximum atomic E-state index is 11.3. The summed E-state index contributed by atoms with van der Waals surface area (Å²) in [6, 6.07) is 5.16. The zero-order valence-electron chi connectivity index (χ0n) is 10.3. The van der Waals surface area contributed by atoms with E-state index in [0.29, 0.717) is 11.6 Å². The highest BCUT2D eigenvalue weighted by Crippen LogP contribution is 2.20. The molecule has 9 heteroatoms. The molecule has 0 spiro atoms. The zero-order valence-corrected chi connectivity index (χ0v) is 11.0. The highest BCUT2D eigenvalue weighted by Gasteiger charge is 2.12. The highest BCUT2D eigenvalue weighted by molar-refractivity contribution is 6.28. The molecule has 0 aliphatic rings. The van der Waals surface area contributed by atoms with Crippen molar-refractivity contribution >= 4 is 34.7 Å². The molecule has 20 heavy (non-hydrogen) atoms. The standard InChI is InChI=1S/C11H9ClN6O2/c1-20-10(19)6-5-8(16-15-6)13-9-7-3-2-4-18(7)17-11(12)14-9/h2-5H,1H3,(H2,13,14,15,16,17). The molecule has 3 aromatic rings. The number of halogens is 1. The number of methoxy groups -OCH3 is 1. The van der Waals surface area contributed by atoms with Crippen molar-refractivity contribution in [1.29, 1.82) is 0 Å². The first-order valence-electron chi connectivity index (χ1n) is 5.59. The van der Waals surface area contributed by atoms with Gasteiger partial charge in [0.25, 0.3) is 0 Å². The lowest BCUT2D eigenvalue weighted by molar-refractivity contribution is 0.0594. The molecule has 102 valence electrons. The lowest BCUT2D eigenvalue weighted by Gasteiger charge is -2.04. The quantitative estimate of drug-likeness (QED) is 0.712. The van der Waals surface area contributed by atoms with Gasteiger partial charge in [0.1, 0.15) is 11.2 Å². The third-order valence-corrected chi connectivity index (χ3v) is 2.75. The van der Waals surface area contributed by atoms with E-state index in [1.54, 1.807) is 10.7 Å². The number of aromatic amines is 1. The summed E-state index contributed by atoms with van der Waals surface area (Å²) in [5.74, 6) is 0.403. The summed E-state index contributed by atoms with van der Waals surface area (Å²) in [6.07, 6.45) is 1.75. The minimum absolute atomic E-state index is 0.0972. The fourth-order valence-corrected chi connectivity index (χ4v) is 1.89. The number of nitrogens with one attached hydrogen (secondary N) is 2. The first-order valence-corrected chi connectivity index (χ1v) is 5.97. The van der Waals surface area contributed by atoms with Crippen LogP contribution in [0.2, 0.25) is 5.28 Å². The largest absolute Gasteiger partial charge is 0.464 e. The van der Waals surface area contributed by atoms with Gasteiger partial charge in [-0.1, -0.05) is 0 Å². The number of fused-ring (bicyclic) bond motifs is 1. The van der Waals surface area contributed by atoms with Gasteiger partial charge in [-0.05, 0) is 23.7 Å². The fourth-order valence-electron chi connectivity index (χ4n) is 1.72. The summed E-state index contributed by atoms with van der Waals surface area (Å²) < 4.78 is 6.18. The van der Waals surface area contributed by atoms with E-state index in [9.17, 15) is 4.79 Å². The van der Waals surface area contributed by atoms with Crippen LogP contribution < -0.4 is 5.32 Å². The lowest BCUT2D eigenvalue weighted by Crippen LogP contribution is -2.01. The molecule has 0 fully saturated rings. The molecule has 3 aromatic heterocycles. The highest BCUT2D eigenvalue weighted by atomic mass is 35.5. The third-order valence-electron chi connectivity index (χ3n) is 2.59. The number of aromatic nitrogens is 5. The van der Waals surface area contributed by atoms with Crippen molar-refractivity contribution in [2.75, 3.05) is 12.4 Å². The zero-order chi connectivity index (χ0) is 14.1. The Morgan fingerprint density at radius 2 is 2.40 bits per heavy atom. The van der Waals surface area contributed by atoms with E-state index in [0.717, 1.165) is 5.52 Å². The van der Waals surface area contributed by atoms with Gasteiger partial charge in [0, 0.05) is 12.3 Å². The summed E-state index contributed by atoms with van der Waals surface area (Å²) >= 11 is 5.84. The third kappa shape index (κ3) is 2.16. The molecule has 3 rings (SSSR count). The Labute approximate surface area is 117 Å². The predicted molar refractivity (Wildman–Crippen MR) is 71.2 cm³/mol. The molecular formula is C11H9ClN6O2. The average Bonchev–Trinajstić information content (AvgIpc) is 3.06. The Morgan fingerprint density at radius 1 is 1.55 bits per heavy atom. The number of anilines is 2. The molecule has 0 bridgehead atoms. The molecule has 0 saturated heterocycles. The molecule has 2 N–H and O–H groups in total. The minimum atomic E-state index is -0.501. The molecule has 8 nitrogen and oxygen atoms in total. The number of hydrogen-bond acceptors (Lipinski definition) is 6. The molecule has 0 amide bonds. The number of ether oxygens (including phenoxy) is 1. The summed E-state index contributed by atoms with van der Waals surface area (Å²) in [5.41, 5.74) is 0.971. The first kappa shape index (κ1) is 12.4. The Balaban J connectivity index is 1.95. The van der Waals surface area contributed by atoms with Crippen LogP contribution in [0.15, 0.2) is 24.4 Å². The Bertz CT molecular complexity index is 780. The fraction of sp³-hybridized carbons (Fsp3) is 0.0909. The van der Waals surface area contributed by atoms with Gasteiger partial charge in [-0.25, -0.2) is 9.31 Å². The van der Waals surface area contributed by atoms with Crippen molar-refractivity contribution in [3.63, 3.8) is 0 Å². The number of esters is 1. The SMILES string of the molecule is COC(=O)c1cc(Nc2nc(Cl)nn3cccc23)n[nH]1. The van der Waals surface area contributed by atoms with Crippen molar-refractivity contribution in [3.8, 4) is 0 Å². The molecule has 0 aliphatic heterocycles. The van der Waals surface area contributed by atoms with E-state index in [-0.39, 0.29) is 11.0 Å². The van der Waals surface area contributed by atoms with Crippen molar-refractivity contribution < 1.29 is 9.53 Å². The second kappa shape index (κ2) is 4.82. The van der Waals surface area contributed by atoms with Crippen molar-refractivity contribution in [1.82, 2.24) is 24.8 Å². The van der Waals surface area contributed by atoms with Gasteiger partial charge < -0.3 is 10.1 Å². The second-order valence-corrected chi connectivity index (χ2v) is 4.19. The Hall–Kier alpha value is -2.61. The van der Waals surface area contributed by atoms with Crippen LogP contribution in [-0.2, 0) is 4.74 Å². The molecule has 3 heterocycles. The van der Waals surface area contributed by atoms with E-state index < -0.39 is 5.97 Å². The summed E-state index contributed by atoms with van der Waals surface area (Å²) in [7, 11) is 1.30. The van der Waals surface area contributed by atoms with Crippen LogP contribution >= 0.6 is 11.6 Å². The topological polar surface area (TPSA) is 97.2 Å². The molecule has 0 saturated carbocycles. The van der Waals surface area contributed by atoms with Crippen LogP contribution in [0.4, 0.5) is 11.6 Å². The van der Waals surface area contributed by atoms with E-state index in [2.05, 4.69) is 30.3 Å². The molecule has 0 radical (unpaired) electrons. The second-order valence-electron chi connectivity index (χ2n) is 3.85. The molecule has 0 aromatic carbocycles. The van der Waals surface area contributed by atoms with Gasteiger partial charge in [-0.15, -0.1) is 5.10 Å². The van der Waals surface area contributed by atoms with Crippen LogP contribution in [0.25, 0.3) is 5.52 Å². The van der Waals surface area contributed by atoms with E-state index in [1.807, 2.05) is 12.1 Å². The van der Waals surface area contributed by atoms with Gasteiger partial charge in [0.15, 0.2) is 11.6 Å². The van der Waals surface area contributed by atoms with Crippen LogP contribution in [-0.4, -0.2) is 37.9 Å². The molecule has 0 aliphatic carbocycles. The predicted octanol–water partition coefficient (Wildman–Crippen LogP) is 1.64. The lowest BCUT2D eigenvalue weighted by atomic mass is 10.4. The number of rotatable bonds is 3. The van der Waals surface area contributed by atoms with Crippen LogP contribution in [0, 0.1) is 0 Å². The van der Waals surface area contributed by atoms with Gasteiger partial charge >= 0.3 is 5.97 Å². The monoisotopic (exact) mass is 292 g/mol. The van der Waals surface area contributed by atoms with Crippen molar-refractivity contribution in [2.24, 2.45) is 0 Å². The number of H-pyrrole nitrogens is 1. The van der Waals surface area contributed by atoms with Crippen molar-refractivity contribution in [3.05, 3.63) is 35.4 Å². The van der Waals surface area contributed by atoms with Gasteiger partial charge in [-0.3, -0.25) is 5.10 Å². The average molecular weight is 293 g/mol. The smallest absolute Gasteiger partial charge is 0.356 e. The normalized spacial score (nSPS) is 10.7. The van der Waals surface area contributed by atoms with Gasteiger partial charge in [0.2, 0.25) is 5.28 Å².